The summed E-state index contributed by atoms with van der Waals surface area (Å²) < 4.78 is 0. The lowest BCUT2D eigenvalue weighted by Gasteiger charge is -2.12. The molecule has 0 amide bonds. The minimum absolute atomic E-state index is 0.00956. The smallest absolute Gasteiger partial charge is 0.124 e. The lowest BCUT2D eigenvalue weighted by Crippen LogP contribution is -2.10. The number of nitrogens with one attached hydrogen (secondary N) is 1. The Labute approximate surface area is 133 Å². The molecule has 2 aromatic carbocycles. The molecule has 0 saturated heterocycles. The van der Waals surface area contributed by atoms with Crippen molar-refractivity contribution < 1.29 is 5.11 Å². The molecule has 0 aromatic heterocycles. The molecule has 5 heteroatoms. The van der Waals surface area contributed by atoms with Gasteiger partial charge >= 0.3 is 0 Å². The fraction of sp³-hybridized carbons (Fsp3) is 0.188. The van der Waals surface area contributed by atoms with Crippen molar-refractivity contribution in [1.82, 2.24) is 5.43 Å². The van der Waals surface area contributed by atoms with E-state index in [0.717, 1.165) is 22.4 Å². The van der Waals surface area contributed by atoms with Crippen molar-refractivity contribution >= 4 is 28.9 Å². The average molecular weight is 321 g/mol. The molecule has 0 aliphatic carbocycles. The predicted molar refractivity (Wildman–Crippen MR) is 86.3 cm³/mol. The van der Waals surface area contributed by atoms with Crippen LogP contribution in [0.3, 0.4) is 0 Å². The number of hydrogen-bond donors (Lipinski definition) is 2. The van der Waals surface area contributed by atoms with Crippen molar-refractivity contribution in [3.05, 3.63) is 63.1 Å². The van der Waals surface area contributed by atoms with Crippen molar-refractivity contribution in [2.45, 2.75) is 19.4 Å². The van der Waals surface area contributed by atoms with E-state index in [2.05, 4.69) is 10.5 Å². The third-order valence-corrected chi connectivity index (χ3v) is 4.12. The van der Waals surface area contributed by atoms with E-state index < -0.39 is 0 Å². The van der Waals surface area contributed by atoms with E-state index in [1.54, 1.807) is 12.1 Å². The summed E-state index contributed by atoms with van der Waals surface area (Å²) in [5, 5.41) is 15.6. The van der Waals surface area contributed by atoms with Crippen LogP contribution >= 0.6 is 23.2 Å². The van der Waals surface area contributed by atoms with Crippen LogP contribution in [0.25, 0.3) is 0 Å². The summed E-state index contributed by atoms with van der Waals surface area (Å²) in [7, 11) is 0. The number of phenolic OH excluding ortho intramolecular Hbond substituents is 1. The third-order valence-electron chi connectivity index (χ3n) is 3.55. The van der Waals surface area contributed by atoms with Gasteiger partial charge in [0.25, 0.3) is 0 Å². The number of benzene rings is 2. The van der Waals surface area contributed by atoms with E-state index >= 15 is 0 Å². The topological polar surface area (TPSA) is 44.6 Å². The molecule has 0 saturated carbocycles. The molecule has 0 spiro atoms. The fourth-order valence-corrected chi connectivity index (χ4v) is 3.00. The number of aryl methyl sites for hydroxylation is 1. The van der Waals surface area contributed by atoms with Gasteiger partial charge in [-0.2, -0.15) is 5.10 Å². The minimum Gasteiger partial charge on any atom is -0.507 e. The molecular formula is C16H14Cl2N2O. The molecule has 108 valence electrons. The van der Waals surface area contributed by atoms with Crippen LogP contribution < -0.4 is 5.43 Å². The minimum atomic E-state index is -0.00956. The van der Waals surface area contributed by atoms with Crippen LogP contribution in [0, 0.1) is 6.92 Å². The summed E-state index contributed by atoms with van der Waals surface area (Å²) in [5.41, 5.74) is 6.70. The van der Waals surface area contributed by atoms with Crippen LogP contribution in [0.15, 0.2) is 41.5 Å². The average Bonchev–Trinajstić information content (AvgIpc) is 2.91. The predicted octanol–water partition coefficient (Wildman–Crippen LogP) is 4.45. The van der Waals surface area contributed by atoms with Gasteiger partial charge in [-0.15, -0.1) is 0 Å². The zero-order valence-electron chi connectivity index (χ0n) is 11.4. The largest absolute Gasteiger partial charge is 0.507 e. The quantitative estimate of drug-likeness (QED) is 0.858. The molecule has 0 unspecified atom stereocenters. The van der Waals surface area contributed by atoms with E-state index in [1.165, 1.54) is 0 Å². The molecule has 1 aliphatic rings. The maximum absolute atomic E-state index is 9.99. The van der Waals surface area contributed by atoms with Gasteiger partial charge in [0.2, 0.25) is 0 Å². The second kappa shape index (κ2) is 5.58. The highest BCUT2D eigenvalue weighted by Crippen LogP contribution is 2.33. The molecule has 1 atom stereocenters. The first-order valence-corrected chi connectivity index (χ1v) is 7.37. The van der Waals surface area contributed by atoms with E-state index in [1.807, 2.05) is 31.2 Å². The number of hydrazone groups is 1. The van der Waals surface area contributed by atoms with Crippen molar-refractivity contribution in [2.24, 2.45) is 5.10 Å². The number of phenols is 1. The molecule has 3 nitrogen and oxygen atoms in total. The molecule has 0 radical (unpaired) electrons. The monoisotopic (exact) mass is 320 g/mol. The lowest BCUT2D eigenvalue weighted by atomic mass is 9.97. The van der Waals surface area contributed by atoms with Gasteiger partial charge in [-0.1, -0.05) is 40.9 Å². The van der Waals surface area contributed by atoms with E-state index in [9.17, 15) is 5.11 Å². The number of hydrogen-bond acceptors (Lipinski definition) is 3. The van der Waals surface area contributed by atoms with Gasteiger partial charge in [0.15, 0.2) is 0 Å². The first-order valence-electron chi connectivity index (χ1n) is 6.61. The highest BCUT2D eigenvalue weighted by atomic mass is 35.5. The first-order chi connectivity index (χ1) is 10.0. The van der Waals surface area contributed by atoms with Crippen molar-refractivity contribution in [3.63, 3.8) is 0 Å². The zero-order valence-corrected chi connectivity index (χ0v) is 12.9. The van der Waals surface area contributed by atoms with Crippen LogP contribution in [0.1, 0.15) is 29.2 Å². The van der Waals surface area contributed by atoms with Crippen molar-refractivity contribution in [3.8, 4) is 5.75 Å². The Bertz CT molecular complexity index is 728. The molecule has 1 aliphatic heterocycles. The van der Waals surface area contributed by atoms with Crippen molar-refractivity contribution in [2.75, 3.05) is 0 Å². The maximum atomic E-state index is 9.99. The summed E-state index contributed by atoms with van der Waals surface area (Å²) >= 11 is 12.2. The van der Waals surface area contributed by atoms with Gasteiger partial charge < -0.3 is 10.5 Å². The van der Waals surface area contributed by atoms with Gasteiger partial charge in [-0.05, 0) is 36.8 Å². The van der Waals surface area contributed by atoms with Crippen LogP contribution in [0.5, 0.6) is 5.75 Å². The molecule has 2 N–H and O–H groups in total. The summed E-state index contributed by atoms with van der Waals surface area (Å²) in [4.78, 5) is 0. The van der Waals surface area contributed by atoms with Crippen LogP contribution in [-0.4, -0.2) is 10.8 Å². The molecule has 2 aromatic rings. The summed E-state index contributed by atoms with van der Waals surface area (Å²) in [6.45, 7) is 1.99. The SMILES string of the molecule is Cc1ccc(O)c(C2=NN[C@@H](c3ccc(Cl)cc3Cl)C2)c1. The Morgan fingerprint density at radius 2 is 2.00 bits per heavy atom. The molecule has 3 rings (SSSR count). The van der Waals surface area contributed by atoms with Crippen LogP contribution in [0.2, 0.25) is 10.0 Å². The van der Waals surface area contributed by atoms with Gasteiger partial charge in [0, 0.05) is 22.0 Å². The fourth-order valence-electron chi connectivity index (χ4n) is 2.46. The Balaban J connectivity index is 1.86. The summed E-state index contributed by atoms with van der Waals surface area (Å²) in [6, 6.07) is 10.9. The Morgan fingerprint density at radius 3 is 2.76 bits per heavy atom. The Hall–Kier alpha value is -1.71. The third kappa shape index (κ3) is 2.85. The van der Waals surface area contributed by atoms with Crippen LogP contribution in [0.4, 0.5) is 0 Å². The molecule has 0 bridgehead atoms. The van der Waals surface area contributed by atoms with Crippen LogP contribution in [-0.2, 0) is 0 Å². The normalized spacial score (nSPS) is 17.5. The number of halogens is 2. The maximum Gasteiger partial charge on any atom is 0.124 e. The van der Waals surface area contributed by atoms with Gasteiger partial charge in [0.05, 0.1) is 11.8 Å². The molecular weight excluding hydrogens is 307 g/mol. The van der Waals surface area contributed by atoms with Gasteiger partial charge in [-0.25, -0.2) is 0 Å². The number of rotatable bonds is 2. The van der Waals surface area contributed by atoms with E-state index in [4.69, 9.17) is 23.2 Å². The highest BCUT2D eigenvalue weighted by Gasteiger charge is 2.24. The highest BCUT2D eigenvalue weighted by molar-refractivity contribution is 6.35. The summed E-state index contributed by atoms with van der Waals surface area (Å²) in [6.07, 6.45) is 0.665. The summed E-state index contributed by atoms with van der Waals surface area (Å²) in [5.74, 6) is 0.240. The second-order valence-electron chi connectivity index (χ2n) is 5.13. The molecule has 0 fully saturated rings. The Kier molecular flexibility index (Phi) is 3.79. The van der Waals surface area contributed by atoms with Crippen molar-refractivity contribution in [1.29, 1.82) is 0 Å². The van der Waals surface area contributed by atoms with Gasteiger partial charge in [0.1, 0.15) is 5.75 Å². The van der Waals surface area contributed by atoms with E-state index in [-0.39, 0.29) is 11.8 Å². The lowest BCUT2D eigenvalue weighted by molar-refractivity contribution is 0.474. The van der Waals surface area contributed by atoms with Gasteiger partial charge in [-0.3, -0.25) is 0 Å². The number of aromatic hydroxyl groups is 1. The zero-order chi connectivity index (χ0) is 15.0. The Morgan fingerprint density at radius 1 is 1.19 bits per heavy atom. The molecule has 1 heterocycles. The first kappa shape index (κ1) is 14.2. The standard InChI is InChI=1S/C16H14Cl2N2O/c1-9-2-5-16(21)12(6-9)15-8-14(19-20-15)11-4-3-10(17)7-13(11)18/h2-7,14,19,21H,8H2,1H3/t14-/m1/s1. The number of nitrogens with zero attached hydrogens (tertiary/aromatic N) is 1. The van der Waals surface area contributed by atoms with E-state index in [0.29, 0.717) is 16.5 Å². The second-order valence-corrected chi connectivity index (χ2v) is 5.97. The molecule has 21 heavy (non-hydrogen) atoms.